The van der Waals surface area contributed by atoms with E-state index in [1.165, 1.54) is 26.4 Å². The lowest BCUT2D eigenvalue weighted by molar-refractivity contribution is 0.0697. The summed E-state index contributed by atoms with van der Waals surface area (Å²) in [7, 11) is 3.05. The van der Waals surface area contributed by atoms with Crippen molar-refractivity contribution in [1.82, 2.24) is 0 Å². The highest BCUT2D eigenvalue weighted by Gasteiger charge is 2.12. The van der Waals surface area contributed by atoms with Crippen molar-refractivity contribution in [3.8, 4) is 23.3 Å². The Balaban J connectivity index is 2.56. The maximum Gasteiger partial charge on any atom is 0.335 e. The second kappa shape index (κ2) is 8.58. The van der Waals surface area contributed by atoms with Gasteiger partial charge in [-0.05, 0) is 55.0 Å². The minimum Gasteiger partial charge on any atom is -0.493 e. The molecule has 26 heavy (non-hydrogen) atoms. The van der Waals surface area contributed by atoms with E-state index in [9.17, 15) is 15.2 Å². The Morgan fingerprint density at radius 2 is 1.73 bits per heavy atom. The van der Waals surface area contributed by atoms with Crippen LogP contribution in [-0.4, -0.2) is 31.9 Å². The van der Waals surface area contributed by atoms with Gasteiger partial charge in [-0.2, -0.15) is 5.26 Å². The van der Waals surface area contributed by atoms with E-state index in [4.69, 9.17) is 14.2 Å². The Kier molecular flexibility index (Phi) is 6.23. The maximum atomic E-state index is 11.2. The van der Waals surface area contributed by atoms with E-state index in [0.29, 0.717) is 40.6 Å². The summed E-state index contributed by atoms with van der Waals surface area (Å²) in [4.78, 5) is 11.2. The number of hydrogen-bond acceptors (Lipinski definition) is 5. The van der Waals surface area contributed by atoms with Gasteiger partial charge in [0, 0.05) is 5.56 Å². The first-order valence-corrected chi connectivity index (χ1v) is 7.88. The van der Waals surface area contributed by atoms with Crippen LogP contribution in [-0.2, 0) is 0 Å². The molecular weight excluding hydrogens is 334 g/mol. The standard InChI is InChI=1S/C20H19NO5/c1-4-26-17-7-6-14(20(22)23)9-15(17)10-16(12-21)13-5-8-18(24-2)19(11-13)25-3/h5-11H,4H2,1-3H3,(H,22,23)/b16-10+. The third kappa shape index (κ3) is 4.14. The summed E-state index contributed by atoms with van der Waals surface area (Å²) >= 11 is 0. The highest BCUT2D eigenvalue weighted by Crippen LogP contribution is 2.32. The van der Waals surface area contributed by atoms with E-state index in [0.717, 1.165) is 0 Å². The van der Waals surface area contributed by atoms with E-state index < -0.39 is 5.97 Å². The smallest absolute Gasteiger partial charge is 0.335 e. The first kappa shape index (κ1) is 18.9. The van der Waals surface area contributed by atoms with Crippen molar-refractivity contribution in [1.29, 1.82) is 5.26 Å². The van der Waals surface area contributed by atoms with E-state index in [1.807, 2.05) is 6.92 Å². The van der Waals surface area contributed by atoms with Crippen LogP contribution in [0.3, 0.4) is 0 Å². The van der Waals surface area contributed by atoms with E-state index in [2.05, 4.69) is 6.07 Å². The Bertz CT molecular complexity index is 880. The van der Waals surface area contributed by atoms with Gasteiger partial charge in [0.05, 0.1) is 38.0 Å². The molecule has 0 saturated heterocycles. The molecule has 0 fully saturated rings. The average Bonchev–Trinajstić information content (AvgIpc) is 2.66. The van der Waals surface area contributed by atoms with Crippen LogP contribution in [0.5, 0.6) is 17.2 Å². The molecule has 0 aromatic heterocycles. The third-order valence-electron chi connectivity index (χ3n) is 3.67. The summed E-state index contributed by atoms with van der Waals surface area (Å²) in [5, 5.41) is 18.8. The van der Waals surface area contributed by atoms with Crippen molar-refractivity contribution < 1.29 is 24.1 Å². The number of hydrogen-bond donors (Lipinski definition) is 1. The Morgan fingerprint density at radius 1 is 1.08 bits per heavy atom. The van der Waals surface area contributed by atoms with E-state index >= 15 is 0 Å². The van der Waals surface area contributed by atoms with Gasteiger partial charge in [0.2, 0.25) is 0 Å². The van der Waals surface area contributed by atoms with Gasteiger partial charge >= 0.3 is 5.97 Å². The fourth-order valence-electron chi connectivity index (χ4n) is 2.42. The highest BCUT2D eigenvalue weighted by molar-refractivity contribution is 5.94. The molecule has 6 heteroatoms. The molecule has 0 aliphatic carbocycles. The van der Waals surface area contributed by atoms with E-state index in [-0.39, 0.29) is 5.56 Å². The predicted octanol–water partition coefficient (Wildman–Crippen LogP) is 3.86. The summed E-state index contributed by atoms with van der Waals surface area (Å²) in [6, 6.07) is 11.8. The lowest BCUT2D eigenvalue weighted by Gasteiger charge is -2.11. The minimum atomic E-state index is -1.05. The molecule has 0 heterocycles. The lowest BCUT2D eigenvalue weighted by atomic mass is 10.0. The van der Waals surface area contributed by atoms with Crippen LogP contribution < -0.4 is 14.2 Å². The number of carboxylic acids is 1. The van der Waals surface area contributed by atoms with E-state index in [1.54, 1.807) is 30.3 Å². The molecule has 0 amide bonds. The first-order valence-electron chi connectivity index (χ1n) is 7.88. The van der Waals surface area contributed by atoms with Crippen LogP contribution in [0.25, 0.3) is 11.6 Å². The molecule has 0 aliphatic heterocycles. The molecule has 2 rings (SSSR count). The average molecular weight is 353 g/mol. The van der Waals surface area contributed by atoms with Gasteiger partial charge in [-0.25, -0.2) is 4.79 Å². The summed E-state index contributed by atoms with van der Waals surface area (Å²) in [6.07, 6.45) is 1.60. The first-order chi connectivity index (χ1) is 12.5. The van der Waals surface area contributed by atoms with Gasteiger partial charge in [-0.15, -0.1) is 0 Å². The van der Waals surface area contributed by atoms with Crippen molar-refractivity contribution in [3.63, 3.8) is 0 Å². The number of carboxylic acid groups (broad SMARTS) is 1. The fraction of sp³-hybridized carbons (Fsp3) is 0.200. The van der Waals surface area contributed by atoms with Gasteiger partial charge in [0.15, 0.2) is 11.5 Å². The Labute approximate surface area is 151 Å². The van der Waals surface area contributed by atoms with Gasteiger partial charge in [-0.3, -0.25) is 0 Å². The van der Waals surface area contributed by atoms with Gasteiger partial charge in [0.1, 0.15) is 5.75 Å². The van der Waals surface area contributed by atoms with Gasteiger partial charge < -0.3 is 19.3 Å². The number of nitriles is 1. The van der Waals surface area contributed by atoms with Crippen molar-refractivity contribution in [2.45, 2.75) is 6.92 Å². The van der Waals surface area contributed by atoms with Crippen molar-refractivity contribution in [3.05, 3.63) is 53.1 Å². The van der Waals surface area contributed by atoms with Crippen LogP contribution >= 0.6 is 0 Å². The highest BCUT2D eigenvalue weighted by atomic mass is 16.5. The van der Waals surface area contributed by atoms with Crippen LogP contribution in [0, 0.1) is 11.3 Å². The number of benzene rings is 2. The molecule has 0 saturated carbocycles. The second-order valence-corrected chi connectivity index (χ2v) is 5.23. The molecule has 0 unspecified atom stereocenters. The topological polar surface area (TPSA) is 88.8 Å². The molecule has 0 spiro atoms. The Morgan fingerprint density at radius 3 is 2.31 bits per heavy atom. The summed E-state index contributed by atoms with van der Waals surface area (Å²) < 4.78 is 16.0. The zero-order valence-corrected chi connectivity index (χ0v) is 14.8. The molecule has 0 aliphatic rings. The molecule has 134 valence electrons. The number of allylic oxidation sites excluding steroid dienone is 1. The SMILES string of the molecule is CCOc1ccc(C(=O)O)cc1/C=C(\C#N)c1ccc(OC)c(OC)c1. The molecule has 2 aromatic carbocycles. The van der Waals surface area contributed by atoms with Gasteiger partial charge in [-0.1, -0.05) is 0 Å². The monoisotopic (exact) mass is 353 g/mol. The third-order valence-corrected chi connectivity index (χ3v) is 3.67. The summed E-state index contributed by atoms with van der Waals surface area (Å²) in [5.74, 6) is 0.505. The quantitative estimate of drug-likeness (QED) is 0.600. The minimum absolute atomic E-state index is 0.115. The summed E-state index contributed by atoms with van der Waals surface area (Å²) in [5.41, 5.74) is 1.59. The molecule has 0 radical (unpaired) electrons. The van der Waals surface area contributed by atoms with Crippen LogP contribution in [0.2, 0.25) is 0 Å². The largest absolute Gasteiger partial charge is 0.493 e. The lowest BCUT2D eigenvalue weighted by Crippen LogP contribution is -2.00. The van der Waals surface area contributed by atoms with Gasteiger partial charge in [0.25, 0.3) is 0 Å². The van der Waals surface area contributed by atoms with Crippen molar-refractivity contribution in [2.75, 3.05) is 20.8 Å². The van der Waals surface area contributed by atoms with Crippen LogP contribution in [0.4, 0.5) is 0 Å². The van der Waals surface area contributed by atoms with Crippen molar-refractivity contribution >= 4 is 17.6 Å². The van der Waals surface area contributed by atoms with Crippen LogP contribution in [0.15, 0.2) is 36.4 Å². The molecule has 0 bridgehead atoms. The Hall–Kier alpha value is -3.46. The van der Waals surface area contributed by atoms with Crippen molar-refractivity contribution in [2.24, 2.45) is 0 Å². The van der Waals surface area contributed by atoms with Crippen LogP contribution in [0.1, 0.15) is 28.4 Å². The predicted molar refractivity (Wildman–Crippen MR) is 97.6 cm³/mol. The number of methoxy groups -OCH3 is 2. The number of carbonyl (C=O) groups is 1. The molecule has 0 atom stereocenters. The maximum absolute atomic E-state index is 11.2. The summed E-state index contributed by atoms with van der Waals surface area (Å²) in [6.45, 7) is 2.25. The number of aromatic carboxylic acids is 1. The molecule has 6 nitrogen and oxygen atoms in total. The molecule has 1 N–H and O–H groups in total. The number of rotatable bonds is 7. The normalized spacial score (nSPS) is 10.8. The zero-order valence-electron chi connectivity index (χ0n) is 14.8. The number of nitrogens with zero attached hydrogens (tertiary/aromatic N) is 1. The molecular formula is C20H19NO5. The fourth-order valence-corrected chi connectivity index (χ4v) is 2.42. The number of ether oxygens (including phenoxy) is 3. The zero-order chi connectivity index (χ0) is 19.1. The molecule has 2 aromatic rings. The second-order valence-electron chi connectivity index (χ2n) is 5.23.